The molecule has 4 aromatic rings. The molecule has 4 nitrogen and oxygen atoms in total. The molecule has 1 heterocycles. The van der Waals surface area contributed by atoms with E-state index in [1.807, 2.05) is 56.3 Å². The lowest BCUT2D eigenvalue weighted by molar-refractivity contribution is 0.598. The second kappa shape index (κ2) is 7.22. The summed E-state index contributed by atoms with van der Waals surface area (Å²) >= 11 is 1.52. The lowest BCUT2D eigenvalue weighted by Crippen LogP contribution is -2.11. The van der Waals surface area contributed by atoms with Crippen LogP contribution >= 0.6 is 11.3 Å². The Morgan fingerprint density at radius 1 is 0.828 bits per heavy atom. The van der Waals surface area contributed by atoms with Crippen LogP contribution in [0.25, 0.3) is 31.7 Å². The average Bonchev–Trinajstić information content (AvgIpc) is 2.70. The van der Waals surface area contributed by atoms with Gasteiger partial charge in [-0.1, -0.05) is 42.5 Å². The molecule has 2 N–H and O–H groups in total. The van der Waals surface area contributed by atoms with Crippen LogP contribution < -0.4 is 10.6 Å². The molecule has 4 rings (SSSR count). The maximum absolute atomic E-state index is 13.4. The second-order valence-electron chi connectivity index (χ2n) is 7.00. The van der Waals surface area contributed by atoms with E-state index in [1.54, 1.807) is 12.1 Å². The first-order chi connectivity index (χ1) is 13.8. The van der Waals surface area contributed by atoms with Gasteiger partial charge in [0.25, 0.3) is 0 Å². The first kappa shape index (κ1) is 19.5. The van der Waals surface area contributed by atoms with Gasteiger partial charge in [0.2, 0.25) is 10.0 Å². The van der Waals surface area contributed by atoms with Crippen molar-refractivity contribution in [2.75, 3.05) is 0 Å². The van der Waals surface area contributed by atoms with E-state index < -0.39 is 10.0 Å². The summed E-state index contributed by atoms with van der Waals surface area (Å²) in [5.41, 5.74) is 4.48. The molecule has 146 valence electrons. The maximum atomic E-state index is 13.4. The molecule has 0 saturated carbocycles. The first-order valence-corrected chi connectivity index (χ1v) is 11.4. The summed E-state index contributed by atoms with van der Waals surface area (Å²) in [4.78, 5) is 14.3. The van der Waals surface area contributed by atoms with Crippen LogP contribution in [0.1, 0.15) is 11.1 Å². The van der Waals surface area contributed by atoms with E-state index in [9.17, 15) is 13.2 Å². The lowest BCUT2D eigenvalue weighted by Gasteiger charge is -2.12. The fraction of sp³-hybridized carbons (Fsp3) is 0.0870. The summed E-state index contributed by atoms with van der Waals surface area (Å²) in [6.45, 7) is 4.06. The monoisotopic (exact) mass is 421 g/mol. The highest BCUT2D eigenvalue weighted by atomic mass is 32.2. The summed E-state index contributed by atoms with van der Waals surface area (Å²) in [5.74, 6) is 0. The molecule has 0 atom stereocenters. The van der Waals surface area contributed by atoms with Crippen LogP contribution in [0.15, 0.2) is 76.4 Å². The Morgan fingerprint density at radius 2 is 1.48 bits per heavy atom. The Hall–Kier alpha value is -2.80. The minimum absolute atomic E-state index is 0.0341. The summed E-state index contributed by atoms with van der Waals surface area (Å²) in [6.07, 6.45) is 0. The van der Waals surface area contributed by atoms with Gasteiger partial charge in [-0.15, -0.1) is 11.3 Å². The summed E-state index contributed by atoms with van der Waals surface area (Å²) < 4.78 is 24.1. The minimum atomic E-state index is -3.78. The van der Waals surface area contributed by atoms with E-state index in [0.717, 1.165) is 31.8 Å². The molecule has 29 heavy (non-hydrogen) atoms. The Morgan fingerprint density at radius 3 is 2.14 bits per heavy atom. The standard InChI is InChI=1S/C23H19NO3S2/c1-14-7-8-17(13-15(14)2)21-22(25)19-5-3-4-6-20(19)28-23(21)16-9-11-18(12-10-16)29(24,26)27/h3-13H,1-2H3,(H2,24,26,27). The maximum Gasteiger partial charge on any atom is 0.238 e. The third-order valence-corrected chi connectivity index (χ3v) is 7.19. The number of aryl methyl sites for hydroxylation is 2. The number of fused-ring (bicyclic) bond motifs is 1. The van der Waals surface area contributed by atoms with Crippen molar-refractivity contribution in [1.29, 1.82) is 0 Å². The molecular formula is C23H19NO3S2. The molecule has 0 bridgehead atoms. The average molecular weight is 422 g/mol. The third kappa shape index (κ3) is 3.62. The van der Waals surface area contributed by atoms with E-state index in [-0.39, 0.29) is 10.3 Å². The number of sulfonamides is 1. The molecule has 0 aliphatic rings. The van der Waals surface area contributed by atoms with Gasteiger partial charge in [0.1, 0.15) is 0 Å². The van der Waals surface area contributed by atoms with E-state index in [4.69, 9.17) is 5.14 Å². The van der Waals surface area contributed by atoms with Gasteiger partial charge in [-0.2, -0.15) is 0 Å². The lowest BCUT2D eigenvalue weighted by atomic mass is 9.97. The molecule has 6 heteroatoms. The van der Waals surface area contributed by atoms with Crippen LogP contribution in [-0.2, 0) is 10.0 Å². The van der Waals surface area contributed by atoms with Crippen LogP contribution in [-0.4, -0.2) is 8.42 Å². The molecule has 0 unspecified atom stereocenters. The van der Waals surface area contributed by atoms with Crippen molar-refractivity contribution in [2.24, 2.45) is 5.14 Å². The summed E-state index contributed by atoms with van der Waals surface area (Å²) in [7, 11) is -3.78. The molecule has 3 aromatic carbocycles. The van der Waals surface area contributed by atoms with Crippen molar-refractivity contribution >= 4 is 31.4 Å². The molecule has 0 aliphatic heterocycles. The summed E-state index contributed by atoms with van der Waals surface area (Å²) in [6, 6.07) is 19.9. The van der Waals surface area contributed by atoms with Crippen LogP contribution in [0.2, 0.25) is 0 Å². The van der Waals surface area contributed by atoms with Gasteiger partial charge in [0.15, 0.2) is 5.43 Å². The Kier molecular flexibility index (Phi) is 4.86. The predicted molar refractivity (Wildman–Crippen MR) is 120 cm³/mol. The first-order valence-electron chi connectivity index (χ1n) is 9.02. The van der Waals surface area contributed by atoms with E-state index in [2.05, 4.69) is 0 Å². The molecule has 0 amide bonds. The van der Waals surface area contributed by atoms with Crippen molar-refractivity contribution in [3.05, 3.63) is 88.1 Å². The molecule has 1 aromatic heterocycles. The highest BCUT2D eigenvalue weighted by Crippen LogP contribution is 2.37. The molecular weight excluding hydrogens is 402 g/mol. The fourth-order valence-corrected chi connectivity index (χ4v) is 5.02. The van der Waals surface area contributed by atoms with E-state index in [0.29, 0.717) is 10.9 Å². The Balaban J connectivity index is 2.04. The molecule has 0 fully saturated rings. The van der Waals surface area contributed by atoms with Gasteiger partial charge in [-0.05, 0) is 60.4 Å². The SMILES string of the molecule is Cc1ccc(-c2c(-c3ccc(S(N)(=O)=O)cc3)sc3ccccc3c2=O)cc1C. The quantitative estimate of drug-likeness (QED) is 0.513. The predicted octanol–water partition coefficient (Wildman–Crippen LogP) is 4.86. The van der Waals surface area contributed by atoms with Crippen molar-refractivity contribution in [1.82, 2.24) is 0 Å². The smallest absolute Gasteiger partial charge is 0.238 e. The van der Waals surface area contributed by atoms with Crippen molar-refractivity contribution < 1.29 is 8.42 Å². The molecule has 0 aliphatic carbocycles. The minimum Gasteiger partial charge on any atom is -0.288 e. The number of benzene rings is 3. The number of hydrogen-bond donors (Lipinski definition) is 1. The van der Waals surface area contributed by atoms with E-state index in [1.165, 1.54) is 23.5 Å². The van der Waals surface area contributed by atoms with Crippen LogP contribution in [0, 0.1) is 13.8 Å². The zero-order valence-corrected chi connectivity index (χ0v) is 17.6. The highest BCUT2D eigenvalue weighted by molar-refractivity contribution is 7.89. The van der Waals surface area contributed by atoms with Gasteiger partial charge in [-0.25, -0.2) is 13.6 Å². The van der Waals surface area contributed by atoms with Crippen molar-refractivity contribution in [2.45, 2.75) is 18.7 Å². The highest BCUT2D eigenvalue weighted by Gasteiger charge is 2.17. The van der Waals surface area contributed by atoms with Crippen LogP contribution in [0.4, 0.5) is 0 Å². The molecule has 0 spiro atoms. The third-order valence-electron chi connectivity index (χ3n) is 5.04. The van der Waals surface area contributed by atoms with Crippen LogP contribution in [0.3, 0.4) is 0 Å². The van der Waals surface area contributed by atoms with Crippen molar-refractivity contribution in [3.63, 3.8) is 0 Å². The van der Waals surface area contributed by atoms with Gasteiger partial charge in [0.05, 0.1) is 4.90 Å². The zero-order chi connectivity index (χ0) is 20.8. The largest absolute Gasteiger partial charge is 0.288 e. The zero-order valence-electron chi connectivity index (χ0n) is 16.0. The number of primary sulfonamides is 1. The van der Waals surface area contributed by atoms with Gasteiger partial charge < -0.3 is 0 Å². The number of rotatable bonds is 3. The van der Waals surface area contributed by atoms with Gasteiger partial charge in [-0.3, -0.25) is 4.79 Å². The van der Waals surface area contributed by atoms with Crippen LogP contribution in [0.5, 0.6) is 0 Å². The normalized spacial score (nSPS) is 11.7. The number of nitrogens with two attached hydrogens (primary N) is 1. The summed E-state index contributed by atoms with van der Waals surface area (Å²) in [5, 5.41) is 5.90. The Bertz CT molecular complexity index is 1400. The van der Waals surface area contributed by atoms with E-state index >= 15 is 0 Å². The van der Waals surface area contributed by atoms with Gasteiger partial charge in [0, 0.05) is 20.5 Å². The number of hydrogen-bond acceptors (Lipinski definition) is 4. The Labute approximate surface area is 173 Å². The van der Waals surface area contributed by atoms with Crippen molar-refractivity contribution in [3.8, 4) is 21.6 Å². The fourth-order valence-electron chi connectivity index (χ4n) is 3.30. The molecule has 0 radical (unpaired) electrons. The van der Waals surface area contributed by atoms with Gasteiger partial charge >= 0.3 is 0 Å². The second-order valence-corrected chi connectivity index (χ2v) is 9.61. The molecule has 0 saturated heterocycles. The topological polar surface area (TPSA) is 77.2 Å².